The molecule has 0 aliphatic heterocycles. The summed E-state index contributed by atoms with van der Waals surface area (Å²) in [5.41, 5.74) is 1.57. The molecule has 2 rings (SSSR count). The lowest BCUT2D eigenvalue weighted by Crippen LogP contribution is -1.94. The van der Waals surface area contributed by atoms with Crippen LogP contribution < -0.4 is 0 Å². The molecule has 100 valence electrons. The van der Waals surface area contributed by atoms with Crippen LogP contribution in [0.1, 0.15) is 20.9 Å². The first-order valence-corrected chi connectivity index (χ1v) is 7.80. The number of nitrogens with zero attached hydrogens (tertiary/aromatic N) is 1. The maximum absolute atomic E-state index is 10.9. The largest absolute Gasteiger partial charge is 0.477 e. The number of benzene rings is 1. The molecule has 2 aromatic rings. The molecule has 1 heterocycles. The Balaban J connectivity index is 2.08. The molecule has 3 nitrogen and oxygen atoms in total. The van der Waals surface area contributed by atoms with E-state index >= 15 is 0 Å². The van der Waals surface area contributed by atoms with E-state index in [4.69, 9.17) is 28.3 Å². The van der Waals surface area contributed by atoms with E-state index in [1.807, 2.05) is 6.07 Å². The molecule has 0 atom stereocenters. The first-order chi connectivity index (χ1) is 8.97. The highest BCUT2D eigenvalue weighted by molar-refractivity contribution is 8.00. The number of carboxylic acid groups (broad SMARTS) is 1. The maximum atomic E-state index is 10.9. The molecule has 19 heavy (non-hydrogen) atoms. The number of aryl methyl sites for hydroxylation is 1. The summed E-state index contributed by atoms with van der Waals surface area (Å²) in [7, 11) is 0. The summed E-state index contributed by atoms with van der Waals surface area (Å²) in [4.78, 5) is 15.4. The predicted octanol–water partition coefficient (Wildman–Crippen LogP) is 4.75. The van der Waals surface area contributed by atoms with Crippen LogP contribution in [0.4, 0.5) is 0 Å². The molecule has 0 saturated carbocycles. The van der Waals surface area contributed by atoms with Gasteiger partial charge in [-0.25, -0.2) is 9.78 Å². The van der Waals surface area contributed by atoms with Crippen molar-refractivity contribution in [2.75, 3.05) is 0 Å². The van der Waals surface area contributed by atoms with Crippen LogP contribution in [-0.2, 0) is 5.75 Å². The van der Waals surface area contributed by atoms with Gasteiger partial charge in [0, 0.05) is 5.75 Å². The van der Waals surface area contributed by atoms with Gasteiger partial charge in [-0.1, -0.05) is 41.0 Å². The van der Waals surface area contributed by atoms with Crippen LogP contribution in [0.15, 0.2) is 22.5 Å². The number of hydrogen-bond donors (Lipinski definition) is 1. The lowest BCUT2D eigenvalue weighted by molar-refractivity contribution is 0.0701. The molecule has 0 radical (unpaired) electrons. The third-order valence-electron chi connectivity index (χ3n) is 2.32. The molecular formula is C12H9Cl2NO2S2. The Morgan fingerprint density at radius 1 is 1.42 bits per heavy atom. The number of halogens is 2. The van der Waals surface area contributed by atoms with Crippen LogP contribution in [0.3, 0.4) is 0 Å². The van der Waals surface area contributed by atoms with E-state index in [0.717, 1.165) is 9.90 Å². The molecule has 1 aromatic carbocycles. The van der Waals surface area contributed by atoms with Gasteiger partial charge in [0.05, 0.1) is 15.7 Å². The van der Waals surface area contributed by atoms with E-state index in [2.05, 4.69) is 4.98 Å². The summed E-state index contributed by atoms with van der Waals surface area (Å²) in [6, 6.07) is 5.44. The zero-order chi connectivity index (χ0) is 14.0. The second-order valence-corrected chi connectivity index (χ2v) is 6.77. The van der Waals surface area contributed by atoms with Crippen molar-refractivity contribution in [1.82, 2.24) is 4.98 Å². The van der Waals surface area contributed by atoms with Crippen molar-refractivity contribution in [3.63, 3.8) is 0 Å². The number of carbonyl (C=O) groups is 1. The Morgan fingerprint density at radius 2 is 2.16 bits per heavy atom. The number of carboxylic acids is 1. The van der Waals surface area contributed by atoms with E-state index in [1.165, 1.54) is 23.1 Å². The summed E-state index contributed by atoms with van der Waals surface area (Å²) < 4.78 is 0.737. The normalized spacial score (nSPS) is 10.7. The van der Waals surface area contributed by atoms with Crippen molar-refractivity contribution in [3.05, 3.63) is 44.4 Å². The van der Waals surface area contributed by atoms with E-state index in [-0.39, 0.29) is 4.88 Å². The van der Waals surface area contributed by atoms with Crippen molar-refractivity contribution >= 4 is 52.3 Å². The zero-order valence-electron chi connectivity index (χ0n) is 9.81. The fourth-order valence-corrected chi connectivity index (χ4v) is 3.70. The highest BCUT2D eigenvalue weighted by Crippen LogP contribution is 2.31. The van der Waals surface area contributed by atoms with Gasteiger partial charge in [0.2, 0.25) is 0 Å². The Labute approximate surface area is 128 Å². The molecule has 0 saturated heterocycles. The quantitative estimate of drug-likeness (QED) is 0.820. The second kappa shape index (κ2) is 6.13. The summed E-state index contributed by atoms with van der Waals surface area (Å²) >= 11 is 14.4. The standard InChI is InChI=1S/C12H9Cl2NO2S2/c1-6-10(11(16)17)19-12(15-6)18-5-7-2-3-8(13)9(14)4-7/h2-4H,5H2,1H3,(H,16,17). The highest BCUT2D eigenvalue weighted by Gasteiger charge is 2.14. The Kier molecular flexibility index (Phi) is 4.73. The van der Waals surface area contributed by atoms with Crippen LogP contribution in [0.2, 0.25) is 10.0 Å². The lowest BCUT2D eigenvalue weighted by atomic mass is 10.2. The molecule has 0 bridgehead atoms. The minimum Gasteiger partial charge on any atom is -0.477 e. The summed E-state index contributed by atoms with van der Waals surface area (Å²) in [6.45, 7) is 1.70. The molecule has 0 amide bonds. The van der Waals surface area contributed by atoms with Crippen LogP contribution in [0.25, 0.3) is 0 Å². The molecule has 0 aliphatic rings. The van der Waals surface area contributed by atoms with Gasteiger partial charge < -0.3 is 5.11 Å². The number of rotatable bonds is 4. The minimum absolute atomic E-state index is 0.289. The summed E-state index contributed by atoms with van der Waals surface area (Å²) in [5, 5.41) is 10.00. The van der Waals surface area contributed by atoms with Crippen molar-refractivity contribution in [2.45, 2.75) is 17.0 Å². The van der Waals surface area contributed by atoms with Crippen LogP contribution in [-0.4, -0.2) is 16.1 Å². The van der Waals surface area contributed by atoms with Crippen LogP contribution >= 0.6 is 46.3 Å². The van der Waals surface area contributed by atoms with Crippen molar-refractivity contribution in [2.24, 2.45) is 0 Å². The van der Waals surface area contributed by atoms with E-state index in [1.54, 1.807) is 19.1 Å². The van der Waals surface area contributed by atoms with Gasteiger partial charge in [-0.15, -0.1) is 11.3 Å². The minimum atomic E-state index is -0.934. The molecule has 1 N–H and O–H groups in total. The Bertz CT molecular complexity index is 628. The lowest BCUT2D eigenvalue weighted by Gasteiger charge is -2.01. The molecule has 0 spiro atoms. The van der Waals surface area contributed by atoms with Gasteiger partial charge >= 0.3 is 5.97 Å². The van der Waals surface area contributed by atoms with Gasteiger partial charge in [0.1, 0.15) is 4.88 Å². The number of aromatic nitrogens is 1. The highest BCUT2D eigenvalue weighted by atomic mass is 35.5. The van der Waals surface area contributed by atoms with Crippen LogP contribution in [0, 0.1) is 6.92 Å². The molecule has 1 aromatic heterocycles. The first-order valence-electron chi connectivity index (χ1n) is 5.25. The number of aromatic carboxylic acids is 1. The van der Waals surface area contributed by atoms with Gasteiger partial charge in [-0.3, -0.25) is 0 Å². The average molecular weight is 334 g/mol. The molecule has 0 aliphatic carbocycles. The SMILES string of the molecule is Cc1nc(SCc2ccc(Cl)c(Cl)c2)sc1C(=O)O. The monoisotopic (exact) mass is 333 g/mol. The smallest absolute Gasteiger partial charge is 0.347 e. The number of hydrogen-bond acceptors (Lipinski definition) is 4. The van der Waals surface area contributed by atoms with E-state index in [9.17, 15) is 4.79 Å². The topological polar surface area (TPSA) is 50.2 Å². The summed E-state index contributed by atoms with van der Waals surface area (Å²) in [6.07, 6.45) is 0. The van der Waals surface area contributed by atoms with Crippen molar-refractivity contribution in [1.29, 1.82) is 0 Å². The summed E-state index contributed by atoms with van der Waals surface area (Å²) in [5.74, 6) is -0.264. The number of thiazole rings is 1. The van der Waals surface area contributed by atoms with E-state index in [0.29, 0.717) is 21.5 Å². The van der Waals surface area contributed by atoms with E-state index < -0.39 is 5.97 Å². The van der Waals surface area contributed by atoms with Gasteiger partial charge in [0.25, 0.3) is 0 Å². The molecular weight excluding hydrogens is 325 g/mol. The number of thioether (sulfide) groups is 1. The zero-order valence-corrected chi connectivity index (χ0v) is 13.0. The second-order valence-electron chi connectivity index (χ2n) is 3.74. The van der Waals surface area contributed by atoms with Crippen LogP contribution in [0.5, 0.6) is 0 Å². The Morgan fingerprint density at radius 3 is 2.74 bits per heavy atom. The molecule has 0 fully saturated rings. The van der Waals surface area contributed by atoms with Crippen molar-refractivity contribution in [3.8, 4) is 0 Å². The third-order valence-corrected chi connectivity index (χ3v) is 5.42. The van der Waals surface area contributed by atoms with Crippen molar-refractivity contribution < 1.29 is 9.90 Å². The Hall–Kier alpha value is -0.750. The molecule has 0 unspecified atom stereocenters. The average Bonchev–Trinajstić information content (AvgIpc) is 2.72. The predicted molar refractivity (Wildman–Crippen MR) is 79.8 cm³/mol. The fourth-order valence-electron chi connectivity index (χ4n) is 1.41. The van der Waals surface area contributed by atoms with Gasteiger partial charge in [-0.2, -0.15) is 0 Å². The van der Waals surface area contributed by atoms with Gasteiger partial charge in [0.15, 0.2) is 4.34 Å². The fraction of sp³-hybridized carbons (Fsp3) is 0.167. The maximum Gasteiger partial charge on any atom is 0.347 e. The first kappa shape index (κ1) is 14.7. The van der Waals surface area contributed by atoms with Gasteiger partial charge in [-0.05, 0) is 24.6 Å². The molecule has 7 heteroatoms. The third kappa shape index (κ3) is 3.63.